The lowest BCUT2D eigenvalue weighted by Gasteiger charge is -2.06. The quantitative estimate of drug-likeness (QED) is 0.324. The third kappa shape index (κ3) is 5.44. The molecule has 160 valence electrons. The molecular formula is C21H20N4O6. The summed E-state index contributed by atoms with van der Waals surface area (Å²) in [6.45, 7) is 1.29. The summed E-state index contributed by atoms with van der Waals surface area (Å²) in [5, 5.41) is 20.8. The van der Waals surface area contributed by atoms with Crippen LogP contribution in [-0.2, 0) is 25.7 Å². The Morgan fingerprint density at radius 3 is 2.77 bits per heavy atom. The molecule has 2 amide bonds. The number of carbonyl (C=O) groups excluding carboxylic acids is 3. The van der Waals surface area contributed by atoms with Crippen LogP contribution >= 0.6 is 0 Å². The molecule has 1 aromatic carbocycles. The summed E-state index contributed by atoms with van der Waals surface area (Å²) in [5.41, 5.74) is 0.572. The second kappa shape index (κ2) is 10.0. The number of nitrogens with zero attached hydrogens (tertiary/aromatic N) is 3. The first kappa shape index (κ1) is 21.5. The van der Waals surface area contributed by atoms with Crippen LogP contribution in [0.5, 0.6) is 5.88 Å². The Morgan fingerprint density at radius 2 is 2.03 bits per heavy atom. The third-order valence-electron chi connectivity index (χ3n) is 4.13. The fourth-order valence-corrected chi connectivity index (χ4v) is 2.77. The third-order valence-corrected chi connectivity index (χ3v) is 4.13. The van der Waals surface area contributed by atoms with Gasteiger partial charge in [0.2, 0.25) is 11.8 Å². The second-order valence-corrected chi connectivity index (χ2v) is 6.24. The Balaban J connectivity index is 1.69. The molecule has 0 unspecified atom stereocenters. The average molecular weight is 424 g/mol. The Morgan fingerprint density at radius 1 is 1.23 bits per heavy atom. The van der Waals surface area contributed by atoms with Crippen molar-refractivity contribution < 1.29 is 28.6 Å². The highest BCUT2D eigenvalue weighted by Gasteiger charge is 2.19. The van der Waals surface area contributed by atoms with Gasteiger partial charge in [-0.3, -0.25) is 19.0 Å². The summed E-state index contributed by atoms with van der Waals surface area (Å²) in [5.74, 6) is -1.58. The zero-order chi connectivity index (χ0) is 22.2. The highest BCUT2D eigenvalue weighted by atomic mass is 16.5. The first-order valence-electron chi connectivity index (χ1n) is 9.39. The van der Waals surface area contributed by atoms with Gasteiger partial charge in [0.25, 0.3) is 5.91 Å². The zero-order valence-corrected chi connectivity index (χ0v) is 16.6. The molecule has 0 atom stereocenters. The van der Waals surface area contributed by atoms with Crippen molar-refractivity contribution in [3.05, 3.63) is 54.5 Å². The largest absolute Gasteiger partial charge is 0.493 e. The van der Waals surface area contributed by atoms with E-state index in [1.807, 2.05) is 0 Å². The number of carbonyl (C=O) groups is 3. The van der Waals surface area contributed by atoms with Gasteiger partial charge < -0.3 is 19.6 Å². The van der Waals surface area contributed by atoms with Crippen LogP contribution in [0.3, 0.4) is 0 Å². The minimum absolute atomic E-state index is 0.0392. The van der Waals surface area contributed by atoms with E-state index in [0.29, 0.717) is 16.7 Å². The number of fused-ring (bicyclic) bond motifs is 1. The molecule has 10 nitrogen and oxygen atoms in total. The van der Waals surface area contributed by atoms with Gasteiger partial charge in [-0.05, 0) is 31.2 Å². The van der Waals surface area contributed by atoms with Gasteiger partial charge in [0.05, 0.1) is 18.4 Å². The average Bonchev–Trinajstić information content (AvgIpc) is 3.37. The van der Waals surface area contributed by atoms with Gasteiger partial charge in [-0.1, -0.05) is 18.2 Å². The maximum atomic E-state index is 12.0. The molecule has 0 radical (unpaired) electrons. The lowest BCUT2D eigenvalue weighted by molar-refractivity contribution is -0.143. The van der Waals surface area contributed by atoms with Gasteiger partial charge in [0.15, 0.2) is 5.69 Å². The monoisotopic (exact) mass is 424 g/mol. The van der Waals surface area contributed by atoms with E-state index in [4.69, 9.17) is 9.15 Å². The number of para-hydroxylation sites is 1. The van der Waals surface area contributed by atoms with E-state index in [0.717, 1.165) is 0 Å². The minimum atomic E-state index is -0.721. The molecule has 0 bridgehead atoms. The molecule has 2 N–H and O–H groups in total. The highest BCUT2D eigenvalue weighted by molar-refractivity contribution is 5.96. The number of esters is 1. The van der Waals surface area contributed by atoms with Crippen molar-refractivity contribution in [1.82, 2.24) is 9.88 Å². The molecule has 3 rings (SSSR count). The molecule has 0 spiro atoms. The first-order valence-corrected chi connectivity index (χ1v) is 9.39. The zero-order valence-electron chi connectivity index (χ0n) is 16.6. The van der Waals surface area contributed by atoms with Gasteiger partial charge in [0, 0.05) is 11.5 Å². The normalized spacial score (nSPS) is 11.4. The van der Waals surface area contributed by atoms with Crippen LogP contribution in [0.25, 0.3) is 17.0 Å². The molecule has 0 aliphatic rings. The molecule has 10 heteroatoms. The summed E-state index contributed by atoms with van der Waals surface area (Å²) in [6, 6.07) is 10.2. The van der Waals surface area contributed by atoms with E-state index in [2.05, 4.69) is 15.5 Å². The first-order chi connectivity index (χ1) is 15.0. The van der Waals surface area contributed by atoms with E-state index in [1.54, 1.807) is 43.3 Å². The van der Waals surface area contributed by atoms with Crippen molar-refractivity contribution in [3.63, 3.8) is 0 Å². The summed E-state index contributed by atoms with van der Waals surface area (Å²) in [4.78, 5) is 35.6. The van der Waals surface area contributed by atoms with Crippen molar-refractivity contribution in [2.24, 2.45) is 10.2 Å². The van der Waals surface area contributed by atoms with Crippen LogP contribution in [0.2, 0.25) is 0 Å². The van der Waals surface area contributed by atoms with E-state index < -0.39 is 17.8 Å². The van der Waals surface area contributed by atoms with Crippen molar-refractivity contribution in [2.45, 2.75) is 13.5 Å². The molecule has 0 aliphatic heterocycles. The SMILES string of the molecule is CCOC(=O)Cn1c(O)c(N=NC(=O)CNC(=O)C=Cc2ccco2)c2ccccc21. The highest BCUT2D eigenvalue weighted by Crippen LogP contribution is 2.38. The van der Waals surface area contributed by atoms with Gasteiger partial charge in [-0.2, -0.15) is 0 Å². The summed E-state index contributed by atoms with van der Waals surface area (Å²) < 4.78 is 11.3. The molecule has 0 aliphatic carbocycles. The van der Waals surface area contributed by atoms with Crippen molar-refractivity contribution in [2.75, 3.05) is 13.2 Å². The van der Waals surface area contributed by atoms with Crippen molar-refractivity contribution in [3.8, 4) is 5.88 Å². The molecule has 0 saturated carbocycles. The lowest BCUT2D eigenvalue weighted by atomic mass is 10.2. The van der Waals surface area contributed by atoms with Crippen molar-refractivity contribution >= 4 is 40.4 Å². The Bertz CT molecular complexity index is 1140. The number of aromatic hydroxyl groups is 1. The van der Waals surface area contributed by atoms with Crippen LogP contribution in [0.1, 0.15) is 12.7 Å². The molecule has 2 aromatic heterocycles. The van der Waals surface area contributed by atoms with Crippen LogP contribution in [0.4, 0.5) is 5.69 Å². The van der Waals surface area contributed by atoms with E-state index >= 15 is 0 Å². The second-order valence-electron chi connectivity index (χ2n) is 6.24. The van der Waals surface area contributed by atoms with E-state index in [9.17, 15) is 19.5 Å². The lowest BCUT2D eigenvalue weighted by Crippen LogP contribution is -2.26. The predicted octanol–water partition coefficient (Wildman–Crippen LogP) is 2.94. The fraction of sp³-hybridized carbons (Fsp3) is 0.190. The van der Waals surface area contributed by atoms with E-state index in [1.165, 1.54) is 23.0 Å². The summed E-state index contributed by atoms with van der Waals surface area (Å²) >= 11 is 0. The van der Waals surface area contributed by atoms with Crippen LogP contribution < -0.4 is 5.32 Å². The maximum absolute atomic E-state index is 12.0. The number of aromatic nitrogens is 1. The summed E-state index contributed by atoms with van der Waals surface area (Å²) in [6.07, 6.45) is 4.15. The Hall–Kier alpha value is -4.21. The fourth-order valence-electron chi connectivity index (χ4n) is 2.77. The number of azo groups is 1. The molecular weight excluding hydrogens is 404 g/mol. The van der Waals surface area contributed by atoms with Crippen LogP contribution in [0, 0.1) is 0 Å². The number of furan rings is 1. The van der Waals surface area contributed by atoms with Crippen LogP contribution in [-0.4, -0.2) is 40.6 Å². The van der Waals surface area contributed by atoms with Gasteiger partial charge in [-0.15, -0.1) is 10.2 Å². The van der Waals surface area contributed by atoms with Gasteiger partial charge in [-0.25, -0.2) is 0 Å². The summed E-state index contributed by atoms with van der Waals surface area (Å²) in [7, 11) is 0. The van der Waals surface area contributed by atoms with Gasteiger partial charge in [0.1, 0.15) is 18.8 Å². The van der Waals surface area contributed by atoms with Crippen molar-refractivity contribution in [1.29, 1.82) is 0 Å². The Kier molecular flexibility index (Phi) is 6.94. The molecule has 0 fully saturated rings. The molecule has 31 heavy (non-hydrogen) atoms. The van der Waals surface area contributed by atoms with E-state index in [-0.39, 0.29) is 31.3 Å². The topological polar surface area (TPSA) is 135 Å². The van der Waals surface area contributed by atoms with Crippen LogP contribution in [0.15, 0.2) is 63.4 Å². The number of nitrogens with one attached hydrogen (secondary N) is 1. The predicted molar refractivity (Wildman–Crippen MR) is 111 cm³/mol. The number of amides is 2. The number of hydrogen-bond donors (Lipinski definition) is 2. The number of hydrogen-bond acceptors (Lipinski definition) is 7. The minimum Gasteiger partial charge on any atom is -0.493 e. The number of rotatable bonds is 8. The molecule has 2 heterocycles. The Labute approximate surface area is 176 Å². The maximum Gasteiger partial charge on any atom is 0.326 e. The standard InChI is InChI=1S/C21H20N4O6/c1-2-30-19(28)13-25-16-8-4-3-7-15(16)20(21(25)29)24-23-18(27)12-22-17(26)10-9-14-6-5-11-31-14/h3-11,29H,2,12-13H2,1H3,(H,22,26). The molecule has 0 saturated heterocycles. The number of benzene rings is 1. The smallest absolute Gasteiger partial charge is 0.326 e. The number of ether oxygens (including phenoxy) is 1. The molecule has 3 aromatic rings. The van der Waals surface area contributed by atoms with Gasteiger partial charge >= 0.3 is 5.97 Å².